The van der Waals surface area contributed by atoms with Crippen molar-refractivity contribution >= 4 is 28.2 Å². The molecule has 1 unspecified atom stereocenters. The Kier molecular flexibility index (Phi) is 3.86. The van der Waals surface area contributed by atoms with Crippen molar-refractivity contribution in [2.45, 2.75) is 32.2 Å². The molecule has 0 radical (unpaired) electrons. The van der Waals surface area contributed by atoms with Crippen molar-refractivity contribution in [3.05, 3.63) is 11.1 Å². The monoisotopic (exact) mass is 253 g/mol. The molecule has 2 rings (SSSR count). The number of anilines is 1. The minimum absolute atomic E-state index is 0.0274. The highest BCUT2D eigenvalue weighted by molar-refractivity contribution is 7.17. The third-order valence-electron chi connectivity index (χ3n) is 2.69. The lowest BCUT2D eigenvalue weighted by Crippen LogP contribution is -2.27. The average Bonchev–Trinajstić information content (AvgIpc) is 2.88. The van der Waals surface area contributed by atoms with Crippen LogP contribution in [0.1, 0.15) is 35.9 Å². The summed E-state index contributed by atoms with van der Waals surface area (Å²) in [5.74, 6) is -0.0747. The summed E-state index contributed by atoms with van der Waals surface area (Å²) in [5.41, 5.74) is 0. The number of carbonyl (C=O) groups excluding carboxylic acids is 2. The van der Waals surface area contributed by atoms with Gasteiger partial charge in [-0.2, -0.15) is 0 Å². The number of amides is 1. The Bertz CT molecular complexity index is 424. The van der Waals surface area contributed by atoms with E-state index in [4.69, 9.17) is 0 Å². The zero-order chi connectivity index (χ0) is 12.3. The molecule has 5 nitrogen and oxygen atoms in total. The standard InChI is InChI=1S/C11H15N3O2S/c1-7(15)9-6-13-11(17-9)14-10(16)5-8-3-2-4-12-8/h6,8,12H,2-5H2,1H3,(H,13,14,16). The van der Waals surface area contributed by atoms with Crippen LogP contribution < -0.4 is 10.6 Å². The van der Waals surface area contributed by atoms with Gasteiger partial charge in [0.05, 0.1) is 11.1 Å². The molecular formula is C11H15N3O2S. The van der Waals surface area contributed by atoms with Gasteiger partial charge in [-0.25, -0.2) is 4.98 Å². The number of ketones is 1. The van der Waals surface area contributed by atoms with Crippen molar-refractivity contribution in [3.8, 4) is 0 Å². The number of carbonyl (C=O) groups is 2. The Morgan fingerprint density at radius 2 is 2.47 bits per heavy atom. The van der Waals surface area contributed by atoms with Crippen LogP contribution in [0.5, 0.6) is 0 Å². The second-order valence-electron chi connectivity index (χ2n) is 4.13. The number of hydrogen-bond donors (Lipinski definition) is 2. The smallest absolute Gasteiger partial charge is 0.227 e. The average molecular weight is 253 g/mol. The number of rotatable bonds is 4. The number of Topliss-reactive ketones (excluding diaryl/α,β-unsaturated/α-hetero) is 1. The molecule has 0 spiro atoms. The van der Waals surface area contributed by atoms with Crippen molar-refractivity contribution in [2.24, 2.45) is 0 Å². The molecule has 1 aromatic rings. The van der Waals surface area contributed by atoms with Crippen LogP contribution in [0.2, 0.25) is 0 Å². The lowest BCUT2D eigenvalue weighted by atomic mass is 10.1. The second-order valence-corrected chi connectivity index (χ2v) is 5.16. The minimum Gasteiger partial charge on any atom is -0.313 e. The highest BCUT2D eigenvalue weighted by atomic mass is 32.1. The zero-order valence-electron chi connectivity index (χ0n) is 9.66. The van der Waals surface area contributed by atoms with Gasteiger partial charge in [0.15, 0.2) is 10.9 Å². The van der Waals surface area contributed by atoms with E-state index in [0.717, 1.165) is 19.4 Å². The summed E-state index contributed by atoms with van der Waals surface area (Å²) in [6.07, 6.45) is 4.14. The normalized spacial score (nSPS) is 19.2. The van der Waals surface area contributed by atoms with Crippen molar-refractivity contribution < 1.29 is 9.59 Å². The zero-order valence-corrected chi connectivity index (χ0v) is 10.5. The van der Waals surface area contributed by atoms with Gasteiger partial charge in [-0.05, 0) is 19.4 Å². The highest BCUT2D eigenvalue weighted by Gasteiger charge is 2.18. The molecule has 2 heterocycles. The van der Waals surface area contributed by atoms with Gasteiger partial charge in [-0.15, -0.1) is 0 Å². The summed E-state index contributed by atoms with van der Waals surface area (Å²) in [6.45, 7) is 2.48. The predicted molar refractivity (Wildman–Crippen MR) is 66.4 cm³/mol. The topological polar surface area (TPSA) is 71.1 Å². The van der Waals surface area contributed by atoms with Gasteiger partial charge < -0.3 is 10.6 Å². The van der Waals surface area contributed by atoms with E-state index >= 15 is 0 Å². The number of nitrogens with zero attached hydrogens (tertiary/aromatic N) is 1. The largest absolute Gasteiger partial charge is 0.313 e. The molecule has 1 aliphatic rings. The van der Waals surface area contributed by atoms with Crippen LogP contribution in [0.25, 0.3) is 0 Å². The fraction of sp³-hybridized carbons (Fsp3) is 0.545. The molecule has 92 valence electrons. The van der Waals surface area contributed by atoms with Gasteiger partial charge >= 0.3 is 0 Å². The first-order valence-corrected chi connectivity index (χ1v) is 6.47. The van der Waals surface area contributed by atoms with Gasteiger partial charge in [0.2, 0.25) is 5.91 Å². The second kappa shape index (κ2) is 5.37. The fourth-order valence-corrected chi connectivity index (χ4v) is 2.55. The van der Waals surface area contributed by atoms with Crippen LogP contribution in [-0.4, -0.2) is 29.3 Å². The third-order valence-corrected chi connectivity index (χ3v) is 3.71. The number of hydrogen-bond acceptors (Lipinski definition) is 5. The van der Waals surface area contributed by atoms with Crippen molar-refractivity contribution in [3.63, 3.8) is 0 Å². The van der Waals surface area contributed by atoms with Gasteiger partial charge in [0.25, 0.3) is 0 Å². The van der Waals surface area contributed by atoms with E-state index in [9.17, 15) is 9.59 Å². The maximum absolute atomic E-state index is 11.7. The van der Waals surface area contributed by atoms with Gasteiger partial charge in [-0.3, -0.25) is 9.59 Å². The highest BCUT2D eigenvalue weighted by Crippen LogP contribution is 2.19. The number of thiazole rings is 1. The molecule has 0 saturated carbocycles. The molecule has 1 aliphatic heterocycles. The van der Waals surface area contributed by atoms with Crippen molar-refractivity contribution in [2.75, 3.05) is 11.9 Å². The summed E-state index contributed by atoms with van der Waals surface area (Å²) < 4.78 is 0. The third kappa shape index (κ3) is 3.34. The van der Waals surface area contributed by atoms with E-state index in [2.05, 4.69) is 15.6 Å². The van der Waals surface area contributed by atoms with Crippen LogP contribution in [0.3, 0.4) is 0 Å². The lowest BCUT2D eigenvalue weighted by molar-refractivity contribution is -0.116. The first-order chi connectivity index (χ1) is 8.15. The summed E-state index contributed by atoms with van der Waals surface area (Å²) in [6, 6.07) is 0.280. The summed E-state index contributed by atoms with van der Waals surface area (Å²) in [7, 11) is 0. The van der Waals surface area contributed by atoms with E-state index in [1.807, 2.05) is 0 Å². The van der Waals surface area contributed by atoms with Gasteiger partial charge in [0, 0.05) is 19.4 Å². The molecule has 1 fully saturated rings. The molecule has 1 saturated heterocycles. The van der Waals surface area contributed by atoms with E-state index < -0.39 is 0 Å². The molecule has 6 heteroatoms. The Morgan fingerprint density at radius 1 is 1.65 bits per heavy atom. The summed E-state index contributed by atoms with van der Waals surface area (Å²) in [4.78, 5) is 27.3. The first-order valence-electron chi connectivity index (χ1n) is 5.65. The fourth-order valence-electron chi connectivity index (χ4n) is 1.82. The van der Waals surface area contributed by atoms with Gasteiger partial charge in [-0.1, -0.05) is 11.3 Å². The molecule has 0 aromatic carbocycles. The Morgan fingerprint density at radius 3 is 3.06 bits per heavy atom. The summed E-state index contributed by atoms with van der Waals surface area (Å²) >= 11 is 1.21. The van der Waals surface area contributed by atoms with Crippen LogP contribution in [-0.2, 0) is 4.79 Å². The van der Waals surface area contributed by atoms with Crippen LogP contribution in [0.15, 0.2) is 6.20 Å². The molecule has 2 N–H and O–H groups in total. The molecule has 0 bridgehead atoms. The van der Waals surface area contributed by atoms with Crippen LogP contribution >= 0.6 is 11.3 Å². The molecule has 1 atom stereocenters. The van der Waals surface area contributed by atoms with E-state index in [0.29, 0.717) is 16.4 Å². The molecule has 1 aromatic heterocycles. The first kappa shape index (κ1) is 12.2. The molecule has 1 amide bonds. The van der Waals surface area contributed by atoms with E-state index in [1.54, 1.807) is 0 Å². The SMILES string of the molecule is CC(=O)c1cnc(NC(=O)CC2CCCN2)s1. The van der Waals surface area contributed by atoms with Crippen LogP contribution in [0.4, 0.5) is 5.13 Å². The van der Waals surface area contributed by atoms with Crippen LogP contribution in [0, 0.1) is 0 Å². The molecule has 0 aliphatic carbocycles. The van der Waals surface area contributed by atoms with E-state index in [1.165, 1.54) is 24.5 Å². The number of nitrogens with one attached hydrogen (secondary N) is 2. The Labute approximate surface area is 104 Å². The molecule has 17 heavy (non-hydrogen) atoms. The van der Waals surface area contributed by atoms with Crippen molar-refractivity contribution in [1.82, 2.24) is 10.3 Å². The predicted octanol–water partition coefficient (Wildman–Crippen LogP) is 1.43. The quantitative estimate of drug-likeness (QED) is 0.796. The van der Waals surface area contributed by atoms with Gasteiger partial charge in [0.1, 0.15) is 0 Å². The maximum atomic E-state index is 11.7. The lowest BCUT2D eigenvalue weighted by Gasteiger charge is -2.08. The summed E-state index contributed by atoms with van der Waals surface area (Å²) in [5, 5.41) is 6.48. The molecular weight excluding hydrogens is 238 g/mol. The number of aromatic nitrogens is 1. The Balaban J connectivity index is 1.86. The van der Waals surface area contributed by atoms with E-state index in [-0.39, 0.29) is 17.7 Å². The minimum atomic E-state index is -0.0474. The maximum Gasteiger partial charge on any atom is 0.227 e. The van der Waals surface area contributed by atoms with Crippen molar-refractivity contribution in [1.29, 1.82) is 0 Å². The Hall–Kier alpha value is -1.27.